The first-order chi connectivity index (χ1) is 9.85. The monoisotopic (exact) mass is 352 g/mol. The normalized spacial score (nSPS) is 27.2. The van der Waals surface area contributed by atoms with Gasteiger partial charge in [0.2, 0.25) is 0 Å². The highest BCUT2D eigenvalue weighted by Crippen LogP contribution is 2.40. The van der Waals surface area contributed by atoms with Crippen molar-refractivity contribution in [1.29, 1.82) is 0 Å². The number of hydrogen-bond acceptors (Lipinski definition) is 2. The van der Waals surface area contributed by atoms with Crippen LogP contribution in [0.25, 0.3) is 0 Å². The highest BCUT2D eigenvalue weighted by molar-refractivity contribution is 9.10. The van der Waals surface area contributed by atoms with Crippen molar-refractivity contribution in [2.45, 2.75) is 58.4 Å². The lowest BCUT2D eigenvalue weighted by molar-refractivity contribution is 0.212. The Labute approximate surface area is 138 Å². The van der Waals surface area contributed by atoms with E-state index in [0.29, 0.717) is 12.0 Å². The number of nitrogens with two attached hydrogens (primary N) is 1. The Morgan fingerprint density at radius 1 is 1.29 bits per heavy atom. The zero-order valence-corrected chi connectivity index (χ0v) is 15.2. The average molecular weight is 353 g/mol. The molecular weight excluding hydrogens is 324 g/mol. The van der Waals surface area contributed by atoms with Crippen LogP contribution >= 0.6 is 15.9 Å². The second kappa shape index (κ2) is 6.70. The Morgan fingerprint density at radius 2 is 2.05 bits per heavy atom. The van der Waals surface area contributed by atoms with Gasteiger partial charge in [-0.3, -0.25) is 0 Å². The molecule has 3 heteroatoms. The van der Waals surface area contributed by atoms with Crippen LogP contribution in [0.5, 0.6) is 0 Å². The largest absolute Gasteiger partial charge is 0.378 e. The molecule has 118 valence electrons. The van der Waals surface area contributed by atoms with Crippen LogP contribution in [0.3, 0.4) is 0 Å². The summed E-state index contributed by atoms with van der Waals surface area (Å²) in [5, 5.41) is 3.74. The van der Waals surface area contributed by atoms with Crippen LogP contribution in [0.2, 0.25) is 0 Å². The number of rotatable bonds is 3. The summed E-state index contributed by atoms with van der Waals surface area (Å²) in [6.45, 7) is 7.81. The van der Waals surface area contributed by atoms with Crippen LogP contribution in [0.4, 0.5) is 5.69 Å². The van der Waals surface area contributed by atoms with Gasteiger partial charge in [-0.2, -0.15) is 0 Å². The highest BCUT2D eigenvalue weighted by atomic mass is 79.9. The Hall–Kier alpha value is -0.540. The molecule has 1 aromatic rings. The SMILES string of the molecule is CC(C)(C)C1CCCC(CN)(Nc2cccc(Br)c2)CC1. The van der Waals surface area contributed by atoms with Gasteiger partial charge in [0, 0.05) is 22.2 Å². The molecule has 0 bridgehead atoms. The summed E-state index contributed by atoms with van der Waals surface area (Å²) in [6, 6.07) is 8.41. The molecule has 3 N–H and O–H groups in total. The molecule has 1 aliphatic rings. The van der Waals surface area contributed by atoms with Crippen molar-refractivity contribution >= 4 is 21.6 Å². The standard InChI is InChI=1S/C18H29BrN2/c1-17(2,3)14-6-5-10-18(13-20,11-9-14)21-16-8-4-7-15(19)12-16/h4,7-8,12,14,21H,5-6,9-11,13,20H2,1-3H3. The van der Waals surface area contributed by atoms with Gasteiger partial charge in [-0.05, 0) is 55.2 Å². The number of nitrogens with one attached hydrogen (secondary N) is 1. The minimum atomic E-state index is 0.0563. The molecule has 0 amide bonds. The van der Waals surface area contributed by atoms with Crippen LogP contribution in [0, 0.1) is 11.3 Å². The van der Waals surface area contributed by atoms with Crippen LogP contribution in [0.15, 0.2) is 28.7 Å². The van der Waals surface area contributed by atoms with Crippen molar-refractivity contribution in [2.75, 3.05) is 11.9 Å². The van der Waals surface area contributed by atoms with E-state index in [1.165, 1.54) is 31.4 Å². The molecule has 1 aliphatic carbocycles. The third-order valence-corrected chi connectivity index (χ3v) is 5.52. The molecule has 0 aliphatic heterocycles. The number of benzene rings is 1. The van der Waals surface area contributed by atoms with Gasteiger partial charge in [-0.25, -0.2) is 0 Å². The molecule has 1 fully saturated rings. The van der Waals surface area contributed by atoms with Gasteiger partial charge in [-0.15, -0.1) is 0 Å². The van der Waals surface area contributed by atoms with Gasteiger partial charge in [0.1, 0.15) is 0 Å². The van der Waals surface area contributed by atoms with E-state index in [1.807, 2.05) is 0 Å². The first kappa shape index (κ1) is 16.8. The third kappa shape index (κ3) is 4.46. The molecule has 0 heterocycles. The maximum absolute atomic E-state index is 6.17. The molecule has 21 heavy (non-hydrogen) atoms. The molecule has 1 saturated carbocycles. The summed E-state index contributed by atoms with van der Waals surface area (Å²) in [5.74, 6) is 0.801. The molecule has 0 saturated heterocycles. The minimum absolute atomic E-state index is 0.0563. The Kier molecular flexibility index (Phi) is 5.37. The topological polar surface area (TPSA) is 38.0 Å². The van der Waals surface area contributed by atoms with Gasteiger partial charge >= 0.3 is 0 Å². The van der Waals surface area contributed by atoms with Gasteiger partial charge in [0.15, 0.2) is 0 Å². The van der Waals surface area contributed by atoms with E-state index < -0.39 is 0 Å². The predicted molar refractivity (Wildman–Crippen MR) is 95.6 cm³/mol. The van der Waals surface area contributed by atoms with E-state index in [-0.39, 0.29) is 5.54 Å². The van der Waals surface area contributed by atoms with Crippen molar-refractivity contribution in [3.63, 3.8) is 0 Å². The molecule has 1 aromatic carbocycles. The quantitative estimate of drug-likeness (QED) is 0.735. The second-order valence-electron chi connectivity index (χ2n) is 7.61. The van der Waals surface area contributed by atoms with Gasteiger partial charge < -0.3 is 11.1 Å². The lowest BCUT2D eigenvalue weighted by atomic mass is 9.76. The minimum Gasteiger partial charge on any atom is -0.378 e. The molecule has 2 nitrogen and oxygen atoms in total. The molecule has 2 unspecified atom stereocenters. The molecule has 0 radical (unpaired) electrons. The van der Waals surface area contributed by atoms with Crippen molar-refractivity contribution in [1.82, 2.24) is 0 Å². The smallest absolute Gasteiger partial charge is 0.0495 e. The molecule has 2 atom stereocenters. The summed E-state index contributed by atoms with van der Waals surface area (Å²) in [7, 11) is 0. The number of anilines is 1. The third-order valence-electron chi connectivity index (χ3n) is 5.03. The van der Waals surface area contributed by atoms with E-state index in [1.54, 1.807) is 0 Å². The zero-order valence-electron chi connectivity index (χ0n) is 13.6. The van der Waals surface area contributed by atoms with Gasteiger partial charge in [-0.1, -0.05) is 49.2 Å². The fourth-order valence-electron chi connectivity index (χ4n) is 3.53. The van der Waals surface area contributed by atoms with Crippen LogP contribution in [-0.2, 0) is 0 Å². The maximum Gasteiger partial charge on any atom is 0.0495 e. The van der Waals surface area contributed by atoms with Crippen LogP contribution in [-0.4, -0.2) is 12.1 Å². The average Bonchev–Trinajstić information content (AvgIpc) is 2.62. The fourth-order valence-corrected chi connectivity index (χ4v) is 3.92. The van der Waals surface area contributed by atoms with E-state index >= 15 is 0 Å². The number of hydrogen-bond donors (Lipinski definition) is 2. The lowest BCUT2D eigenvalue weighted by Gasteiger charge is -2.35. The van der Waals surface area contributed by atoms with Crippen molar-refractivity contribution < 1.29 is 0 Å². The first-order valence-electron chi connectivity index (χ1n) is 8.08. The summed E-state index contributed by atoms with van der Waals surface area (Å²) < 4.78 is 1.11. The van der Waals surface area contributed by atoms with E-state index in [0.717, 1.165) is 16.8 Å². The molecule has 0 spiro atoms. The van der Waals surface area contributed by atoms with Crippen molar-refractivity contribution in [2.24, 2.45) is 17.1 Å². The Balaban J connectivity index is 2.11. The fraction of sp³-hybridized carbons (Fsp3) is 0.667. The van der Waals surface area contributed by atoms with Crippen molar-refractivity contribution in [3.05, 3.63) is 28.7 Å². The predicted octanol–water partition coefficient (Wildman–Crippen LogP) is 5.18. The summed E-state index contributed by atoms with van der Waals surface area (Å²) >= 11 is 3.55. The lowest BCUT2D eigenvalue weighted by Crippen LogP contribution is -2.45. The van der Waals surface area contributed by atoms with Crippen molar-refractivity contribution in [3.8, 4) is 0 Å². The molecular formula is C18H29BrN2. The molecule has 0 aromatic heterocycles. The first-order valence-corrected chi connectivity index (χ1v) is 8.88. The van der Waals surface area contributed by atoms with E-state index in [2.05, 4.69) is 66.3 Å². The molecule has 2 rings (SSSR count). The highest BCUT2D eigenvalue weighted by Gasteiger charge is 2.35. The van der Waals surface area contributed by atoms with Gasteiger partial charge in [0.05, 0.1) is 0 Å². The van der Waals surface area contributed by atoms with Crippen LogP contribution < -0.4 is 11.1 Å². The second-order valence-corrected chi connectivity index (χ2v) is 8.53. The summed E-state index contributed by atoms with van der Waals surface area (Å²) in [6.07, 6.45) is 6.19. The Bertz CT molecular complexity index is 467. The Morgan fingerprint density at radius 3 is 2.67 bits per heavy atom. The van der Waals surface area contributed by atoms with Gasteiger partial charge in [0.25, 0.3) is 0 Å². The van der Waals surface area contributed by atoms with E-state index in [9.17, 15) is 0 Å². The zero-order chi connectivity index (χ0) is 15.5. The maximum atomic E-state index is 6.17. The van der Waals surface area contributed by atoms with E-state index in [4.69, 9.17) is 5.73 Å². The van der Waals surface area contributed by atoms with Crippen LogP contribution in [0.1, 0.15) is 52.9 Å². The summed E-state index contributed by atoms with van der Waals surface area (Å²) in [5.41, 5.74) is 7.80. The summed E-state index contributed by atoms with van der Waals surface area (Å²) in [4.78, 5) is 0. The number of halogens is 1.